The predicted octanol–water partition coefficient (Wildman–Crippen LogP) is 1.78. The van der Waals surface area contributed by atoms with E-state index in [9.17, 15) is 14.7 Å². The maximum atomic E-state index is 12.2. The van der Waals surface area contributed by atoms with Crippen LogP contribution in [0.1, 0.15) is 22.0 Å². The number of carbonyl (C=O) groups excluding carboxylic acids is 2. The number of esters is 1. The Hall–Kier alpha value is -3.02. The summed E-state index contributed by atoms with van der Waals surface area (Å²) in [6, 6.07) is 12.8. The van der Waals surface area contributed by atoms with Crippen LogP contribution < -0.4 is 10.5 Å². The molecule has 0 fully saturated rings. The van der Waals surface area contributed by atoms with Crippen LogP contribution in [0.5, 0.6) is 11.5 Å². The van der Waals surface area contributed by atoms with Gasteiger partial charge in [0.1, 0.15) is 5.56 Å². The molecule has 0 bridgehead atoms. The molecule has 0 saturated carbocycles. The second-order valence-corrected chi connectivity index (χ2v) is 4.45. The molecule has 0 unspecified atom stereocenters. The van der Waals surface area contributed by atoms with Crippen LogP contribution in [0.25, 0.3) is 0 Å². The van der Waals surface area contributed by atoms with Crippen molar-refractivity contribution in [3.8, 4) is 11.5 Å². The van der Waals surface area contributed by atoms with E-state index >= 15 is 0 Å². The van der Waals surface area contributed by atoms with Crippen LogP contribution in [0, 0.1) is 0 Å². The summed E-state index contributed by atoms with van der Waals surface area (Å²) in [7, 11) is 1.36. The fourth-order valence-corrected chi connectivity index (χ4v) is 1.94. The maximum Gasteiger partial charge on any atom is 0.343 e. The highest BCUT2D eigenvalue weighted by atomic mass is 16.5. The SMILES string of the molecule is COc1cccc(C(=O)O[C@H](C(N)=O)c2ccccc2)c1O. The molecule has 6 nitrogen and oxygen atoms in total. The lowest BCUT2D eigenvalue weighted by Gasteiger charge is -2.16. The molecular formula is C16H15NO5. The molecule has 2 aromatic rings. The number of benzene rings is 2. The molecule has 2 aromatic carbocycles. The average Bonchev–Trinajstić information content (AvgIpc) is 2.53. The number of aromatic hydroxyl groups is 1. The van der Waals surface area contributed by atoms with Gasteiger partial charge in [-0.25, -0.2) is 4.79 Å². The van der Waals surface area contributed by atoms with E-state index in [1.165, 1.54) is 25.3 Å². The number of phenolic OH excluding ortho intramolecular Hbond substituents is 1. The van der Waals surface area contributed by atoms with E-state index in [0.29, 0.717) is 5.56 Å². The summed E-state index contributed by atoms with van der Waals surface area (Å²) in [4.78, 5) is 23.7. The van der Waals surface area contributed by atoms with Crippen LogP contribution in [0.3, 0.4) is 0 Å². The zero-order chi connectivity index (χ0) is 16.1. The highest BCUT2D eigenvalue weighted by Gasteiger charge is 2.25. The Bertz CT molecular complexity index is 684. The number of rotatable bonds is 5. The highest BCUT2D eigenvalue weighted by molar-refractivity contribution is 5.95. The topological polar surface area (TPSA) is 98.9 Å². The van der Waals surface area contributed by atoms with Crippen LogP contribution in [-0.4, -0.2) is 24.1 Å². The monoisotopic (exact) mass is 301 g/mol. The standard InChI is InChI=1S/C16H15NO5/c1-21-12-9-5-8-11(13(12)18)16(20)22-14(15(17)19)10-6-3-2-4-7-10/h2-9,14,18H,1H3,(H2,17,19)/t14-/m0/s1. The van der Waals surface area contributed by atoms with Crippen molar-refractivity contribution in [1.82, 2.24) is 0 Å². The molecule has 0 aromatic heterocycles. The third-order valence-electron chi connectivity index (χ3n) is 3.02. The van der Waals surface area contributed by atoms with Gasteiger partial charge in [-0.05, 0) is 12.1 Å². The number of hydrogen-bond acceptors (Lipinski definition) is 5. The van der Waals surface area contributed by atoms with Gasteiger partial charge in [-0.3, -0.25) is 4.79 Å². The van der Waals surface area contributed by atoms with Crippen molar-refractivity contribution in [2.75, 3.05) is 7.11 Å². The van der Waals surface area contributed by atoms with E-state index in [0.717, 1.165) is 0 Å². The van der Waals surface area contributed by atoms with Crippen molar-refractivity contribution in [1.29, 1.82) is 0 Å². The Morgan fingerprint density at radius 1 is 1.09 bits per heavy atom. The molecule has 0 radical (unpaired) electrons. The normalized spacial score (nSPS) is 11.5. The molecule has 0 aliphatic heterocycles. The van der Waals surface area contributed by atoms with E-state index in [1.807, 2.05) is 0 Å². The lowest BCUT2D eigenvalue weighted by molar-refractivity contribution is -0.127. The van der Waals surface area contributed by atoms with Crippen molar-refractivity contribution in [2.45, 2.75) is 6.10 Å². The van der Waals surface area contributed by atoms with Crippen molar-refractivity contribution in [3.63, 3.8) is 0 Å². The minimum atomic E-state index is -1.24. The second-order valence-electron chi connectivity index (χ2n) is 4.45. The molecule has 0 aliphatic rings. The van der Waals surface area contributed by atoms with Crippen molar-refractivity contribution in [2.24, 2.45) is 5.73 Å². The largest absolute Gasteiger partial charge is 0.504 e. The average molecular weight is 301 g/mol. The van der Waals surface area contributed by atoms with E-state index in [-0.39, 0.29) is 17.1 Å². The quantitative estimate of drug-likeness (QED) is 0.820. The van der Waals surface area contributed by atoms with Gasteiger partial charge >= 0.3 is 5.97 Å². The molecular weight excluding hydrogens is 286 g/mol. The van der Waals surface area contributed by atoms with Gasteiger partial charge < -0.3 is 20.3 Å². The third-order valence-corrected chi connectivity index (χ3v) is 3.02. The molecule has 0 spiro atoms. The third kappa shape index (κ3) is 3.17. The molecule has 0 saturated heterocycles. The molecule has 1 atom stereocenters. The summed E-state index contributed by atoms with van der Waals surface area (Å²) >= 11 is 0. The minimum Gasteiger partial charge on any atom is -0.504 e. The van der Waals surface area contributed by atoms with Crippen molar-refractivity contribution in [3.05, 3.63) is 59.7 Å². The number of para-hydroxylation sites is 1. The van der Waals surface area contributed by atoms with Gasteiger partial charge in [0.15, 0.2) is 11.5 Å². The Labute approximate surface area is 127 Å². The van der Waals surface area contributed by atoms with Gasteiger partial charge in [0.2, 0.25) is 6.10 Å². The van der Waals surface area contributed by atoms with Crippen LogP contribution in [0.15, 0.2) is 48.5 Å². The van der Waals surface area contributed by atoms with Crippen LogP contribution >= 0.6 is 0 Å². The Morgan fingerprint density at radius 2 is 1.77 bits per heavy atom. The molecule has 3 N–H and O–H groups in total. The zero-order valence-electron chi connectivity index (χ0n) is 11.9. The summed E-state index contributed by atoms with van der Waals surface area (Å²) in [6.07, 6.45) is -1.24. The fraction of sp³-hybridized carbons (Fsp3) is 0.125. The number of hydrogen-bond donors (Lipinski definition) is 2. The summed E-state index contributed by atoms with van der Waals surface area (Å²) in [5.41, 5.74) is 5.63. The van der Waals surface area contributed by atoms with Crippen LogP contribution in [0.4, 0.5) is 0 Å². The number of methoxy groups -OCH3 is 1. The molecule has 0 aliphatic carbocycles. The Balaban J connectivity index is 2.28. The summed E-state index contributed by atoms with van der Waals surface area (Å²) < 4.78 is 10.1. The second kappa shape index (κ2) is 6.62. The number of ether oxygens (including phenoxy) is 2. The maximum absolute atomic E-state index is 12.2. The minimum absolute atomic E-state index is 0.110. The van der Waals surface area contributed by atoms with Crippen molar-refractivity contribution < 1.29 is 24.2 Å². The van der Waals surface area contributed by atoms with Gasteiger partial charge in [-0.15, -0.1) is 0 Å². The number of carbonyl (C=O) groups is 2. The fourth-order valence-electron chi connectivity index (χ4n) is 1.94. The first kappa shape index (κ1) is 15.4. The molecule has 2 rings (SSSR count). The van der Waals surface area contributed by atoms with Gasteiger partial charge in [0.25, 0.3) is 5.91 Å². The lowest BCUT2D eigenvalue weighted by Crippen LogP contribution is -2.26. The number of phenols is 1. The predicted molar refractivity (Wildman–Crippen MR) is 78.5 cm³/mol. The van der Waals surface area contributed by atoms with Crippen LogP contribution in [-0.2, 0) is 9.53 Å². The first-order valence-corrected chi connectivity index (χ1v) is 6.45. The molecule has 6 heteroatoms. The zero-order valence-corrected chi connectivity index (χ0v) is 11.9. The number of amides is 1. The van der Waals surface area contributed by atoms with E-state index in [4.69, 9.17) is 15.2 Å². The Kier molecular flexibility index (Phi) is 4.63. The van der Waals surface area contributed by atoms with Gasteiger partial charge in [-0.1, -0.05) is 36.4 Å². The number of nitrogens with two attached hydrogens (primary N) is 1. The van der Waals surface area contributed by atoms with Crippen LogP contribution in [0.2, 0.25) is 0 Å². The summed E-state index contributed by atoms with van der Waals surface area (Å²) in [6.45, 7) is 0. The van der Waals surface area contributed by atoms with E-state index in [2.05, 4.69) is 0 Å². The van der Waals surface area contributed by atoms with Gasteiger partial charge in [-0.2, -0.15) is 0 Å². The van der Waals surface area contributed by atoms with Crippen molar-refractivity contribution >= 4 is 11.9 Å². The Morgan fingerprint density at radius 3 is 2.36 bits per heavy atom. The summed E-state index contributed by atoms with van der Waals surface area (Å²) in [5.74, 6) is -1.90. The van der Waals surface area contributed by atoms with E-state index < -0.39 is 18.0 Å². The highest BCUT2D eigenvalue weighted by Crippen LogP contribution is 2.31. The molecule has 1 amide bonds. The smallest absolute Gasteiger partial charge is 0.343 e. The summed E-state index contributed by atoms with van der Waals surface area (Å²) in [5, 5.41) is 9.94. The van der Waals surface area contributed by atoms with Gasteiger partial charge in [0, 0.05) is 5.56 Å². The lowest BCUT2D eigenvalue weighted by atomic mass is 10.1. The molecule has 114 valence electrons. The van der Waals surface area contributed by atoms with Gasteiger partial charge in [0.05, 0.1) is 7.11 Å². The van der Waals surface area contributed by atoms with E-state index in [1.54, 1.807) is 30.3 Å². The first-order chi connectivity index (χ1) is 10.5. The first-order valence-electron chi connectivity index (χ1n) is 6.45. The molecule has 0 heterocycles. The molecule has 22 heavy (non-hydrogen) atoms. The number of primary amides is 1.